The van der Waals surface area contributed by atoms with Gasteiger partial charge in [-0.3, -0.25) is 9.10 Å². The van der Waals surface area contributed by atoms with E-state index in [4.69, 9.17) is 0 Å². The molecule has 7 heteroatoms. The Morgan fingerprint density at radius 3 is 2.30 bits per heavy atom. The Hall–Kier alpha value is -1.99. The molecule has 0 fully saturated rings. The number of hydrogen-bond acceptors (Lipinski definition) is 4. The average Bonchev–Trinajstić information content (AvgIpc) is 2.65. The smallest absolute Gasteiger partial charge is 0.243 e. The zero-order valence-electron chi connectivity index (χ0n) is 15.9. The van der Waals surface area contributed by atoms with Crippen LogP contribution in [0.5, 0.6) is 0 Å². The van der Waals surface area contributed by atoms with Crippen LogP contribution in [-0.4, -0.2) is 38.9 Å². The van der Waals surface area contributed by atoms with Gasteiger partial charge >= 0.3 is 0 Å². The number of thioether (sulfide) groups is 1. The van der Waals surface area contributed by atoms with Crippen molar-refractivity contribution in [1.82, 2.24) is 5.32 Å². The summed E-state index contributed by atoms with van der Waals surface area (Å²) < 4.78 is 25.8. The molecule has 5 nitrogen and oxygen atoms in total. The molecule has 146 valence electrons. The maximum atomic E-state index is 12.5. The highest BCUT2D eigenvalue weighted by molar-refractivity contribution is 7.99. The molecule has 0 aromatic heterocycles. The van der Waals surface area contributed by atoms with Crippen molar-refractivity contribution in [2.45, 2.75) is 31.2 Å². The van der Waals surface area contributed by atoms with E-state index in [9.17, 15) is 13.2 Å². The molecule has 1 amide bonds. The first-order valence-corrected chi connectivity index (χ1v) is 11.7. The fourth-order valence-corrected chi connectivity index (χ4v) is 4.66. The SMILES string of the molecule is CCc1ccc(N(C(C)C(=O)NCCSc2ccccc2)S(C)(=O)=O)cc1. The van der Waals surface area contributed by atoms with Gasteiger partial charge in [0.1, 0.15) is 6.04 Å². The van der Waals surface area contributed by atoms with Crippen molar-refractivity contribution in [3.63, 3.8) is 0 Å². The molecule has 0 aliphatic carbocycles. The second-order valence-corrected chi connectivity index (χ2v) is 9.24. The lowest BCUT2D eigenvalue weighted by atomic mass is 10.1. The van der Waals surface area contributed by atoms with Crippen molar-refractivity contribution >= 4 is 33.4 Å². The highest BCUT2D eigenvalue weighted by atomic mass is 32.2. The fourth-order valence-electron chi connectivity index (χ4n) is 2.69. The normalized spacial score (nSPS) is 12.4. The molecule has 0 heterocycles. The monoisotopic (exact) mass is 406 g/mol. The molecule has 0 aliphatic heterocycles. The first-order valence-electron chi connectivity index (χ1n) is 8.87. The lowest BCUT2D eigenvalue weighted by molar-refractivity contribution is -0.121. The number of hydrogen-bond donors (Lipinski definition) is 1. The topological polar surface area (TPSA) is 66.5 Å². The minimum Gasteiger partial charge on any atom is -0.353 e. The van der Waals surface area contributed by atoms with Gasteiger partial charge in [0, 0.05) is 17.2 Å². The van der Waals surface area contributed by atoms with Gasteiger partial charge in [0.15, 0.2) is 0 Å². The van der Waals surface area contributed by atoms with Gasteiger partial charge in [-0.25, -0.2) is 8.42 Å². The number of benzene rings is 2. The van der Waals surface area contributed by atoms with Crippen LogP contribution in [0.4, 0.5) is 5.69 Å². The summed E-state index contributed by atoms with van der Waals surface area (Å²) in [4.78, 5) is 13.6. The number of sulfonamides is 1. The minimum absolute atomic E-state index is 0.311. The van der Waals surface area contributed by atoms with E-state index in [0.717, 1.165) is 23.1 Å². The molecule has 0 aliphatic rings. The van der Waals surface area contributed by atoms with Crippen LogP contribution in [0, 0.1) is 0 Å². The summed E-state index contributed by atoms with van der Waals surface area (Å²) in [6, 6.07) is 16.4. The summed E-state index contributed by atoms with van der Waals surface area (Å²) in [6.45, 7) is 4.11. The molecular weight excluding hydrogens is 380 g/mol. The van der Waals surface area contributed by atoms with Crippen molar-refractivity contribution in [3.05, 3.63) is 60.2 Å². The molecule has 0 spiro atoms. The molecule has 27 heavy (non-hydrogen) atoms. The first kappa shape index (κ1) is 21.3. The number of nitrogens with one attached hydrogen (secondary N) is 1. The van der Waals surface area contributed by atoms with Crippen LogP contribution in [0.25, 0.3) is 0 Å². The minimum atomic E-state index is -3.59. The predicted octanol–water partition coefficient (Wildman–Crippen LogP) is 3.31. The molecule has 0 radical (unpaired) electrons. The van der Waals surface area contributed by atoms with Gasteiger partial charge in [0.05, 0.1) is 11.9 Å². The average molecular weight is 407 g/mol. The third-order valence-electron chi connectivity index (χ3n) is 4.10. The maximum absolute atomic E-state index is 12.5. The zero-order chi connectivity index (χ0) is 19.9. The number of aryl methyl sites for hydroxylation is 1. The first-order chi connectivity index (χ1) is 12.8. The van der Waals surface area contributed by atoms with Crippen LogP contribution < -0.4 is 9.62 Å². The van der Waals surface area contributed by atoms with Gasteiger partial charge < -0.3 is 5.32 Å². The maximum Gasteiger partial charge on any atom is 0.243 e. The van der Waals surface area contributed by atoms with E-state index in [1.807, 2.05) is 49.4 Å². The van der Waals surface area contributed by atoms with Gasteiger partial charge in [-0.2, -0.15) is 0 Å². The van der Waals surface area contributed by atoms with Crippen molar-refractivity contribution in [1.29, 1.82) is 0 Å². The summed E-state index contributed by atoms with van der Waals surface area (Å²) in [6.07, 6.45) is 1.99. The Kier molecular flexibility index (Phi) is 7.74. The van der Waals surface area contributed by atoms with Crippen LogP contribution in [0.2, 0.25) is 0 Å². The van der Waals surface area contributed by atoms with E-state index >= 15 is 0 Å². The van der Waals surface area contributed by atoms with Gasteiger partial charge in [0.2, 0.25) is 15.9 Å². The van der Waals surface area contributed by atoms with Crippen molar-refractivity contribution in [2.75, 3.05) is 22.9 Å². The zero-order valence-corrected chi connectivity index (χ0v) is 17.5. The Labute approximate surface area is 166 Å². The van der Waals surface area contributed by atoms with Crippen LogP contribution in [0.15, 0.2) is 59.5 Å². The number of carbonyl (C=O) groups excluding carboxylic acids is 1. The highest BCUT2D eigenvalue weighted by Gasteiger charge is 2.28. The Morgan fingerprint density at radius 1 is 1.11 bits per heavy atom. The fraction of sp³-hybridized carbons (Fsp3) is 0.350. The summed E-state index contributed by atoms with van der Waals surface area (Å²) in [5.41, 5.74) is 1.61. The number of amides is 1. The van der Waals surface area contributed by atoms with Crippen LogP contribution >= 0.6 is 11.8 Å². The summed E-state index contributed by atoms with van der Waals surface area (Å²) in [5.74, 6) is 0.403. The van der Waals surface area contributed by atoms with E-state index in [2.05, 4.69) is 5.32 Å². The molecule has 1 unspecified atom stereocenters. The van der Waals surface area contributed by atoms with Gasteiger partial charge in [0.25, 0.3) is 0 Å². The van der Waals surface area contributed by atoms with E-state index < -0.39 is 16.1 Å². The molecule has 1 N–H and O–H groups in total. The Morgan fingerprint density at radius 2 is 1.74 bits per heavy atom. The molecule has 0 bridgehead atoms. The largest absolute Gasteiger partial charge is 0.353 e. The van der Waals surface area contributed by atoms with E-state index in [0.29, 0.717) is 18.0 Å². The number of carbonyl (C=O) groups is 1. The van der Waals surface area contributed by atoms with E-state index in [1.165, 1.54) is 4.31 Å². The second-order valence-electron chi connectivity index (χ2n) is 6.21. The predicted molar refractivity (Wildman–Crippen MR) is 113 cm³/mol. The van der Waals surface area contributed by atoms with Crippen molar-refractivity contribution < 1.29 is 13.2 Å². The summed E-state index contributed by atoms with van der Waals surface area (Å²) in [5, 5.41) is 2.83. The third-order valence-corrected chi connectivity index (χ3v) is 6.36. The molecule has 2 aromatic carbocycles. The quantitative estimate of drug-likeness (QED) is 0.512. The van der Waals surface area contributed by atoms with Gasteiger partial charge in [-0.05, 0) is 43.2 Å². The molecule has 2 aromatic rings. The molecule has 0 saturated carbocycles. The highest BCUT2D eigenvalue weighted by Crippen LogP contribution is 2.22. The van der Waals surface area contributed by atoms with Gasteiger partial charge in [-0.15, -0.1) is 11.8 Å². The standard InChI is InChI=1S/C20H26N2O3S2/c1-4-17-10-12-18(13-11-17)22(27(3,24)25)16(2)20(23)21-14-15-26-19-8-6-5-7-9-19/h5-13,16H,4,14-15H2,1-3H3,(H,21,23). The molecular formula is C20H26N2O3S2. The number of rotatable bonds is 9. The molecule has 0 saturated heterocycles. The van der Waals surface area contributed by atoms with Crippen molar-refractivity contribution in [2.24, 2.45) is 0 Å². The third kappa shape index (κ3) is 6.29. The Balaban J connectivity index is 1.99. The van der Waals surface area contributed by atoms with E-state index in [-0.39, 0.29) is 5.91 Å². The van der Waals surface area contributed by atoms with E-state index in [1.54, 1.807) is 30.8 Å². The molecule has 2 rings (SSSR count). The lowest BCUT2D eigenvalue weighted by Crippen LogP contribution is -2.48. The second kappa shape index (κ2) is 9.80. The number of nitrogens with zero attached hydrogens (tertiary/aromatic N) is 1. The van der Waals surface area contributed by atoms with Crippen molar-refractivity contribution in [3.8, 4) is 0 Å². The summed E-state index contributed by atoms with van der Waals surface area (Å²) in [7, 11) is -3.59. The summed E-state index contributed by atoms with van der Waals surface area (Å²) >= 11 is 1.64. The number of anilines is 1. The van der Waals surface area contributed by atoms with Crippen LogP contribution in [-0.2, 0) is 21.2 Å². The Bertz CT molecular complexity index is 837. The lowest BCUT2D eigenvalue weighted by Gasteiger charge is -2.28. The van der Waals surface area contributed by atoms with Crippen LogP contribution in [0.3, 0.4) is 0 Å². The van der Waals surface area contributed by atoms with Crippen LogP contribution in [0.1, 0.15) is 19.4 Å². The molecule has 1 atom stereocenters. The van der Waals surface area contributed by atoms with Gasteiger partial charge in [-0.1, -0.05) is 37.3 Å².